The summed E-state index contributed by atoms with van der Waals surface area (Å²) in [5, 5.41) is 6.41. The molecule has 1 aliphatic heterocycles. The van der Waals surface area contributed by atoms with Gasteiger partial charge in [-0.15, -0.1) is 0 Å². The predicted octanol–water partition coefficient (Wildman–Crippen LogP) is 4.34. The number of hydrogen-bond acceptors (Lipinski definition) is 5. The molecule has 2 amide bonds. The van der Waals surface area contributed by atoms with Crippen LogP contribution in [0, 0.1) is 0 Å². The van der Waals surface area contributed by atoms with E-state index in [9.17, 15) is 14.4 Å². The molecule has 1 aliphatic rings. The minimum atomic E-state index is -0.923. The van der Waals surface area contributed by atoms with E-state index < -0.39 is 17.4 Å². The number of aryl methyl sites for hydroxylation is 1. The lowest BCUT2D eigenvalue weighted by atomic mass is 9.92. The number of benzene rings is 2. The number of rotatable bonds is 6. The molecule has 9 heteroatoms. The molecule has 0 aliphatic carbocycles. The molecule has 0 saturated carbocycles. The summed E-state index contributed by atoms with van der Waals surface area (Å²) >= 11 is 7.32. The molecule has 0 radical (unpaired) electrons. The van der Waals surface area contributed by atoms with Crippen molar-refractivity contribution in [1.29, 1.82) is 0 Å². The Bertz CT molecular complexity index is 1230. The fourth-order valence-corrected chi connectivity index (χ4v) is 4.49. The number of anilines is 2. The van der Waals surface area contributed by atoms with Gasteiger partial charge in [0.1, 0.15) is 5.82 Å². The lowest BCUT2D eigenvalue weighted by Crippen LogP contribution is -2.36. The van der Waals surface area contributed by atoms with Gasteiger partial charge in [0.15, 0.2) is 5.16 Å². The molecule has 3 aromatic rings. The predicted molar refractivity (Wildman–Crippen MR) is 126 cm³/mol. The van der Waals surface area contributed by atoms with Gasteiger partial charge in [0.05, 0.1) is 11.5 Å². The number of hydrogen-bond donors (Lipinski definition) is 3. The van der Waals surface area contributed by atoms with Gasteiger partial charge in [0.25, 0.3) is 5.56 Å². The number of nitrogens with zero attached hydrogens (tertiary/aromatic N) is 1. The van der Waals surface area contributed by atoms with Crippen LogP contribution in [0.15, 0.2) is 58.5 Å². The standard InChI is InChI=1S/C23H21ClN4O3S/c1-2-13-6-8-16(9-7-13)25-21(30)17-11-18(29)26-20-19(17)22(31)28-23(27-20)32-12-14-4-3-5-15(24)10-14/h3-10,17H,2,11-12H2,1H3,(H,25,30)(H2,26,27,28,29,31)/t17-/m1/s1. The van der Waals surface area contributed by atoms with Crippen LogP contribution in [-0.4, -0.2) is 21.8 Å². The van der Waals surface area contributed by atoms with Gasteiger partial charge < -0.3 is 15.6 Å². The molecule has 1 atom stereocenters. The first kappa shape index (κ1) is 22.1. The van der Waals surface area contributed by atoms with Gasteiger partial charge in [-0.2, -0.15) is 0 Å². The first-order chi connectivity index (χ1) is 15.4. The average Bonchev–Trinajstić information content (AvgIpc) is 2.77. The number of aromatic nitrogens is 2. The van der Waals surface area contributed by atoms with Crippen LogP contribution in [0.2, 0.25) is 5.02 Å². The van der Waals surface area contributed by atoms with Gasteiger partial charge in [0, 0.05) is 22.9 Å². The third-order valence-electron chi connectivity index (χ3n) is 5.14. The van der Waals surface area contributed by atoms with E-state index in [2.05, 4.69) is 20.6 Å². The Morgan fingerprint density at radius 3 is 2.69 bits per heavy atom. The molecular weight excluding hydrogens is 448 g/mol. The molecule has 7 nitrogen and oxygen atoms in total. The van der Waals surface area contributed by atoms with E-state index in [1.165, 1.54) is 11.8 Å². The quantitative estimate of drug-likeness (QED) is 0.368. The lowest BCUT2D eigenvalue weighted by molar-refractivity contribution is -0.123. The summed E-state index contributed by atoms with van der Waals surface area (Å²) in [6.07, 6.45) is 0.773. The molecule has 2 heterocycles. The van der Waals surface area contributed by atoms with E-state index >= 15 is 0 Å². The fourth-order valence-electron chi connectivity index (χ4n) is 3.47. The molecule has 4 rings (SSSR count). The number of nitrogens with one attached hydrogen (secondary N) is 3. The molecule has 3 N–H and O–H groups in total. The highest BCUT2D eigenvalue weighted by atomic mass is 35.5. The summed E-state index contributed by atoms with van der Waals surface area (Å²) in [6.45, 7) is 2.05. The van der Waals surface area contributed by atoms with E-state index in [0.717, 1.165) is 17.5 Å². The molecule has 0 spiro atoms. The molecule has 2 aromatic carbocycles. The zero-order valence-electron chi connectivity index (χ0n) is 17.3. The topological polar surface area (TPSA) is 104 Å². The first-order valence-electron chi connectivity index (χ1n) is 10.1. The molecular formula is C23H21ClN4O3S. The van der Waals surface area contributed by atoms with Crippen molar-refractivity contribution in [3.63, 3.8) is 0 Å². The van der Waals surface area contributed by atoms with Crippen molar-refractivity contribution in [3.05, 3.63) is 80.6 Å². The van der Waals surface area contributed by atoms with Crippen LogP contribution in [0.4, 0.5) is 11.5 Å². The lowest BCUT2D eigenvalue weighted by Gasteiger charge is -2.23. The average molecular weight is 469 g/mol. The first-order valence-corrected chi connectivity index (χ1v) is 11.5. The highest BCUT2D eigenvalue weighted by molar-refractivity contribution is 7.98. The van der Waals surface area contributed by atoms with E-state index in [4.69, 9.17) is 11.6 Å². The molecule has 164 valence electrons. The largest absolute Gasteiger partial charge is 0.326 e. The van der Waals surface area contributed by atoms with Gasteiger partial charge >= 0.3 is 0 Å². The van der Waals surface area contributed by atoms with Crippen LogP contribution in [-0.2, 0) is 21.8 Å². The van der Waals surface area contributed by atoms with Crippen molar-refractivity contribution in [1.82, 2.24) is 9.97 Å². The van der Waals surface area contributed by atoms with Crippen LogP contribution >= 0.6 is 23.4 Å². The number of carbonyl (C=O) groups excluding carboxylic acids is 2. The second kappa shape index (κ2) is 9.58. The van der Waals surface area contributed by atoms with Gasteiger partial charge in [-0.05, 0) is 41.8 Å². The number of aromatic amines is 1. The molecule has 0 saturated heterocycles. The van der Waals surface area contributed by atoms with Crippen molar-refractivity contribution in [2.75, 3.05) is 10.6 Å². The molecule has 0 unspecified atom stereocenters. The van der Waals surface area contributed by atoms with E-state index in [0.29, 0.717) is 21.6 Å². The zero-order chi connectivity index (χ0) is 22.7. The highest BCUT2D eigenvalue weighted by Gasteiger charge is 2.34. The SMILES string of the molecule is CCc1ccc(NC(=O)[C@@H]2CC(=O)Nc3nc(SCc4cccc(Cl)c4)[nH]c(=O)c32)cc1. The number of amides is 2. The molecule has 0 fully saturated rings. The van der Waals surface area contributed by atoms with Crippen molar-refractivity contribution < 1.29 is 9.59 Å². The fraction of sp³-hybridized carbons (Fsp3) is 0.217. The maximum atomic E-state index is 12.9. The van der Waals surface area contributed by atoms with Crippen molar-refractivity contribution in [2.45, 2.75) is 36.6 Å². The van der Waals surface area contributed by atoms with Crippen LogP contribution in [0.5, 0.6) is 0 Å². The molecule has 1 aromatic heterocycles. The summed E-state index contributed by atoms with van der Waals surface area (Å²) in [6, 6.07) is 14.8. The summed E-state index contributed by atoms with van der Waals surface area (Å²) in [5.41, 5.74) is 2.45. The van der Waals surface area contributed by atoms with E-state index in [1.807, 2.05) is 37.3 Å². The molecule has 0 bridgehead atoms. The minimum absolute atomic E-state index is 0.119. The third kappa shape index (κ3) is 5.03. The van der Waals surface area contributed by atoms with Gasteiger partial charge in [-0.3, -0.25) is 14.4 Å². The number of carbonyl (C=O) groups is 2. The Balaban J connectivity index is 1.55. The van der Waals surface area contributed by atoms with Crippen molar-refractivity contribution in [2.24, 2.45) is 0 Å². The second-order valence-electron chi connectivity index (χ2n) is 7.40. The van der Waals surface area contributed by atoms with Crippen molar-refractivity contribution >= 4 is 46.7 Å². The smallest absolute Gasteiger partial charge is 0.257 e. The Labute approximate surface area is 194 Å². The number of H-pyrrole nitrogens is 1. The number of halogens is 1. The number of thioether (sulfide) groups is 1. The third-order valence-corrected chi connectivity index (χ3v) is 6.32. The summed E-state index contributed by atoms with van der Waals surface area (Å²) in [5.74, 6) is -1.04. The van der Waals surface area contributed by atoms with Crippen LogP contribution < -0.4 is 16.2 Å². The summed E-state index contributed by atoms with van der Waals surface area (Å²) in [7, 11) is 0. The summed E-state index contributed by atoms with van der Waals surface area (Å²) < 4.78 is 0. The van der Waals surface area contributed by atoms with Crippen LogP contribution in [0.25, 0.3) is 0 Å². The second-order valence-corrected chi connectivity index (χ2v) is 8.80. The zero-order valence-corrected chi connectivity index (χ0v) is 18.8. The minimum Gasteiger partial charge on any atom is -0.326 e. The number of fused-ring (bicyclic) bond motifs is 1. The Kier molecular flexibility index (Phi) is 6.62. The summed E-state index contributed by atoms with van der Waals surface area (Å²) in [4.78, 5) is 45.1. The van der Waals surface area contributed by atoms with Gasteiger partial charge in [0.2, 0.25) is 11.8 Å². The molecule has 32 heavy (non-hydrogen) atoms. The Hall–Kier alpha value is -3.10. The van der Waals surface area contributed by atoms with Crippen molar-refractivity contribution in [3.8, 4) is 0 Å². The Morgan fingerprint density at radius 1 is 1.19 bits per heavy atom. The maximum Gasteiger partial charge on any atom is 0.257 e. The van der Waals surface area contributed by atoms with E-state index in [-0.39, 0.29) is 23.7 Å². The van der Waals surface area contributed by atoms with Crippen LogP contribution in [0.3, 0.4) is 0 Å². The van der Waals surface area contributed by atoms with Gasteiger partial charge in [-0.25, -0.2) is 4.98 Å². The maximum absolute atomic E-state index is 12.9. The Morgan fingerprint density at radius 2 is 1.97 bits per heavy atom. The van der Waals surface area contributed by atoms with E-state index in [1.54, 1.807) is 18.2 Å². The monoisotopic (exact) mass is 468 g/mol. The normalized spacial score (nSPS) is 15.1. The van der Waals surface area contributed by atoms with Gasteiger partial charge in [-0.1, -0.05) is 54.6 Å². The van der Waals surface area contributed by atoms with Crippen LogP contribution in [0.1, 0.15) is 36.0 Å². The highest BCUT2D eigenvalue weighted by Crippen LogP contribution is 2.31.